The Kier molecular flexibility index (Phi) is 6.75. The largest absolute Gasteiger partial charge is 0.456 e. The predicted octanol–water partition coefficient (Wildman–Crippen LogP) is 3.11. The van der Waals surface area contributed by atoms with E-state index in [-0.39, 0.29) is 41.1 Å². The molecule has 12 heteroatoms. The van der Waals surface area contributed by atoms with Gasteiger partial charge in [-0.25, -0.2) is 9.79 Å². The van der Waals surface area contributed by atoms with Crippen LogP contribution < -0.4 is 5.32 Å². The van der Waals surface area contributed by atoms with Gasteiger partial charge in [-0.1, -0.05) is 25.1 Å². The standard InChI is InChI=1S/C28H29N5O6S/c1-15-23-22(16(2)34)26(35)32(23)24(27(36)39-14-17-7-9-19(10-8-17)33(37)38)25(15)40-20-12-31(13-20)28-29-11-18-5-3-4-6-21(18)30-28/h3-10,15-16,20,22-23,34H,11-14H2,1-2H3,(H,29,30)/t15-,16-,22-,23-/m1/s1. The van der Waals surface area contributed by atoms with Crippen LogP contribution in [0.3, 0.4) is 0 Å². The van der Waals surface area contributed by atoms with Gasteiger partial charge in [0.1, 0.15) is 12.3 Å². The van der Waals surface area contributed by atoms with Crippen molar-refractivity contribution in [3.63, 3.8) is 0 Å². The molecular weight excluding hydrogens is 534 g/mol. The first kappa shape index (κ1) is 26.3. The highest BCUT2D eigenvalue weighted by atomic mass is 32.2. The summed E-state index contributed by atoms with van der Waals surface area (Å²) >= 11 is 1.59. The number of esters is 1. The van der Waals surface area contributed by atoms with Gasteiger partial charge in [0.25, 0.3) is 5.69 Å². The Morgan fingerprint density at radius 1 is 1.25 bits per heavy atom. The number of nitro benzene ring substituents is 1. The van der Waals surface area contributed by atoms with Crippen LogP contribution in [-0.2, 0) is 27.5 Å². The monoisotopic (exact) mass is 563 g/mol. The summed E-state index contributed by atoms with van der Waals surface area (Å²) in [5.74, 6) is -0.752. The molecule has 11 nitrogen and oxygen atoms in total. The number of hydrogen-bond donors (Lipinski definition) is 2. The van der Waals surface area contributed by atoms with Crippen molar-refractivity contribution < 1.29 is 24.4 Å². The topological polar surface area (TPSA) is 138 Å². The third-order valence-corrected chi connectivity index (χ3v) is 9.37. The summed E-state index contributed by atoms with van der Waals surface area (Å²) in [6, 6.07) is 13.6. The summed E-state index contributed by atoms with van der Waals surface area (Å²) in [4.78, 5) is 45.9. The van der Waals surface area contributed by atoms with E-state index in [4.69, 9.17) is 4.74 Å². The maximum atomic E-state index is 13.4. The Bertz CT molecular complexity index is 1430. The minimum Gasteiger partial charge on any atom is -0.456 e. The third kappa shape index (κ3) is 4.50. The summed E-state index contributed by atoms with van der Waals surface area (Å²) in [6.45, 7) is 5.60. The molecule has 4 aliphatic heterocycles. The molecule has 0 aromatic heterocycles. The van der Waals surface area contributed by atoms with Crippen LogP contribution in [0.2, 0.25) is 0 Å². The van der Waals surface area contributed by atoms with Crippen LogP contribution in [0, 0.1) is 22.0 Å². The lowest BCUT2D eigenvalue weighted by atomic mass is 9.79. The number of nitrogens with zero attached hydrogens (tertiary/aromatic N) is 4. The Balaban J connectivity index is 1.16. The number of carbonyl (C=O) groups is 2. The van der Waals surface area contributed by atoms with Gasteiger partial charge < -0.3 is 25.0 Å². The van der Waals surface area contributed by atoms with Crippen LogP contribution >= 0.6 is 11.8 Å². The van der Waals surface area contributed by atoms with Crippen molar-refractivity contribution in [1.29, 1.82) is 0 Å². The molecule has 0 bridgehead atoms. The van der Waals surface area contributed by atoms with E-state index in [0.29, 0.717) is 12.1 Å². The van der Waals surface area contributed by atoms with E-state index in [1.165, 1.54) is 29.2 Å². The number of para-hydroxylation sites is 1. The summed E-state index contributed by atoms with van der Waals surface area (Å²) in [7, 11) is 0. The molecule has 6 rings (SSSR count). The van der Waals surface area contributed by atoms with E-state index in [1.807, 2.05) is 25.1 Å². The first-order valence-electron chi connectivity index (χ1n) is 13.2. The lowest BCUT2D eigenvalue weighted by Crippen LogP contribution is -2.63. The number of hydrogen-bond acceptors (Lipinski definition) is 10. The number of rotatable bonds is 7. The second-order valence-electron chi connectivity index (χ2n) is 10.5. The zero-order chi connectivity index (χ0) is 28.1. The van der Waals surface area contributed by atoms with Crippen LogP contribution in [-0.4, -0.2) is 68.2 Å². The smallest absolute Gasteiger partial charge is 0.356 e. The average molecular weight is 564 g/mol. The predicted molar refractivity (Wildman–Crippen MR) is 149 cm³/mol. The number of non-ortho nitro benzene ring substituents is 1. The number of likely N-dealkylation sites (tertiary alicyclic amines) is 1. The Labute approximate surface area is 235 Å². The second-order valence-corrected chi connectivity index (χ2v) is 11.9. The number of carbonyl (C=O) groups excluding carboxylic acids is 2. The fraction of sp³-hybridized carbons (Fsp3) is 0.393. The lowest BCUT2D eigenvalue weighted by molar-refractivity contribution is -0.384. The first-order chi connectivity index (χ1) is 19.2. The average Bonchev–Trinajstić information content (AvgIpc) is 3.16. The molecule has 4 heterocycles. The van der Waals surface area contributed by atoms with Crippen molar-refractivity contribution in [2.24, 2.45) is 16.8 Å². The zero-order valence-corrected chi connectivity index (χ0v) is 22.8. The van der Waals surface area contributed by atoms with Crippen molar-refractivity contribution in [1.82, 2.24) is 9.80 Å². The van der Waals surface area contributed by atoms with Gasteiger partial charge in [0.05, 0.1) is 29.5 Å². The molecule has 208 valence electrons. The first-order valence-corrected chi connectivity index (χ1v) is 14.1. The highest BCUT2D eigenvalue weighted by Crippen LogP contribution is 2.52. The molecule has 2 saturated heterocycles. The second kappa shape index (κ2) is 10.3. The van der Waals surface area contributed by atoms with Crippen molar-refractivity contribution >= 4 is 41.0 Å². The van der Waals surface area contributed by atoms with Crippen LogP contribution in [0.5, 0.6) is 0 Å². The van der Waals surface area contributed by atoms with Gasteiger partial charge in [-0.05, 0) is 36.2 Å². The van der Waals surface area contributed by atoms with Gasteiger partial charge in [-0.3, -0.25) is 14.9 Å². The molecule has 4 atom stereocenters. The van der Waals surface area contributed by atoms with Crippen molar-refractivity contribution in [2.45, 2.75) is 44.4 Å². The van der Waals surface area contributed by atoms with Gasteiger partial charge in [0.2, 0.25) is 5.91 Å². The summed E-state index contributed by atoms with van der Waals surface area (Å²) in [5, 5.41) is 24.8. The molecule has 0 spiro atoms. The van der Waals surface area contributed by atoms with E-state index >= 15 is 0 Å². The number of β-lactam (4-membered cyclic amide) rings is 1. The van der Waals surface area contributed by atoms with Gasteiger partial charge in [-0.2, -0.15) is 0 Å². The highest BCUT2D eigenvalue weighted by Gasteiger charge is 2.60. The maximum Gasteiger partial charge on any atom is 0.356 e. The normalized spacial score (nSPS) is 24.3. The zero-order valence-electron chi connectivity index (χ0n) is 22.0. The maximum absolute atomic E-state index is 13.4. The minimum atomic E-state index is -0.824. The summed E-state index contributed by atoms with van der Waals surface area (Å²) in [6.07, 6.45) is -0.824. The van der Waals surface area contributed by atoms with Gasteiger partial charge >= 0.3 is 5.97 Å². The van der Waals surface area contributed by atoms with Gasteiger partial charge in [0.15, 0.2) is 5.96 Å². The fourth-order valence-corrected chi connectivity index (χ4v) is 7.26. The van der Waals surface area contributed by atoms with Crippen LogP contribution in [0.4, 0.5) is 11.4 Å². The Morgan fingerprint density at radius 3 is 2.67 bits per heavy atom. The van der Waals surface area contributed by atoms with Crippen molar-refractivity contribution in [3.8, 4) is 0 Å². The number of benzene rings is 2. The molecule has 0 unspecified atom stereocenters. The molecule has 2 fully saturated rings. The SMILES string of the molecule is C[C@@H](O)[C@H]1C(=O)N2C(C(=O)OCc3ccc([N+](=O)[O-])cc3)=C(SC3CN(C4=NCc5ccccc5N4)C3)[C@H](C)[C@H]12. The van der Waals surface area contributed by atoms with Crippen LogP contribution in [0.15, 0.2) is 64.1 Å². The number of aliphatic hydroxyl groups excluding tert-OH is 1. The highest BCUT2D eigenvalue weighted by molar-refractivity contribution is 8.03. The number of aliphatic imine (C=N–C) groups is 1. The Hall–Kier alpha value is -3.90. The molecule has 2 aromatic rings. The van der Waals surface area contributed by atoms with Gasteiger partial charge in [0, 0.05) is 47.0 Å². The fourth-order valence-electron chi connectivity index (χ4n) is 5.74. The number of nitrogens with one attached hydrogen (secondary N) is 1. The number of amides is 1. The Morgan fingerprint density at radius 2 is 1.98 bits per heavy atom. The number of guanidine groups is 1. The third-order valence-electron chi connectivity index (χ3n) is 7.92. The van der Waals surface area contributed by atoms with Gasteiger partial charge in [-0.15, -0.1) is 11.8 Å². The molecule has 0 aliphatic carbocycles. The van der Waals surface area contributed by atoms with E-state index in [1.54, 1.807) is 18.7 Å². The summed E-state index contributed by atoms with van der Waals surface area (Å²) in [5.41, 5.74) is 3.01. The lowest BCUT2D eigenvalue weighted by Gasteiger charge is -2.46. The van der Waals surface area contributed by atoms with E-state index in [9.17, 15) is 24.8 Å². The number of anilines is 1. The molecular formula is C28H29N5O6S. The molecule has 2 N–H and O–H groups in total. The number of fused-ring (bicyclic) bond motifs is 2. The van der Waals surface area contributed by atoms with Crippen LogP contribution in [0.1, 0.15) is 25.0 Å². The number of aliphatic hydroxyl groups is 1. The quantitative estimate of drug-likeness (QED) is 0.225. The summed E-state index contributed by atoms with van der Waals surface area (Å²) < 4.78 is 5.59. The molecule has 4 aliphatic rings. The van der Waals surface area contributed by atoms with E-state index in [0.717, 1.165) is 35.2 Å². The van der Waals surface area contributed by atoms with Crippen LogP contribution in [0.25, 0.3) is 0 Å². The van der Waals surface area contributed by atoms with Crippen molar-refractivity contribution in [2.75, 3.05) is 18.4 Å². The number of ether oxygens (including phenoxy) is 1. The molecule has 40 heavy (non-hydrogen) atoms. The molecule has 0 saturated carbocycles. The number of nitro groups is 1. The molecule has 2 aromatic carbocycles. The van der Waals surface area contributed by atoms with E-state index < -0.39 is 22.9 Å². The van der Waals surface area contributed by atoms with E-state index in [2.05, 4.69) is 21.3 Å². The van der Waals surface area contributed by atoms with Crippen molar-refractivity contribution in [3.05, 3.63) is 80.4 Å². The molecule has 1 amide bonds. The number of thioether (sulfide) groups is 1. The molecule has 0 radical (unpaired) electrons. The minimum absolute atomic E-state index is 0.0487.